The number of ether oxygens (including phenoxy) is 1. The molecule has 0 unspecified atom stereocenters. The molecule has 19 heavy (non-hydrogen) atoms. The Bertz CT molecular complexity index is 394. The fraction of sp³-hybridized carbons (Fsp3) is 0.571. The van der Waals surface area contributed by atoms with Gasteiger partial charge < -0.3 is 15.4 Å². The summed E-state index contributed by atoms with van der Waals surface area (Å²) >= 11 is 6.10. The first kappa shape index (κ1) is 14.6. The van der Waals surface area contributed by atoms with E-state index in [1.54, 1.807) is 7.11 Å². The van der Waals surface area contributed by atoms with E-state index in [1.807, 2.05) is 18.2 Å². The number of nitrogens with zero attached hydrogens (tertiary/aromatic N) is 1. The lowest BCUT2D eigenvalue weighted by molar-refractivity contribution is 0.241. The first-order chi connectivity index (χ1) is 9.29. The van der Waals surface area contributed by atoms with Gasteiger partial charge in [-0.05, 0) is 17.7 Å². The maximum atomic E-state index is 6.10. The molecule has 5 heteroatoms. The van der Waals surface area contributed by atoms with Gasteiger partial charge in [0.25, 0.3) is 0 Å². The predicted octanol–water partition coefficient (Wildman–Crippen LogP) is 1.34. The fourth-order valence-corrected chi connectivity index (χ4v) is 2.50. The van der Waals surface area contributed by atoms with E-state index in [-0.39, 0.29) is 0 Å². The zero-order valence-electron chi connectivity index (χ0n) is 11.4. The van der Waals surface area contributed by atoms with E-state index in [4.69, 9.17) is 16.3 Å². The molecule has 0 aromatic heterocycles. The third-order valence-corrected chi connectivity index (χ3v) is 3.66. The second-order valence-electron chi connectivity index (χ2n) is 4.74. The van der Waals surface area contributed by atoms with Crippen molar-refractivity contribution >= 4 is 11.6 Å². The molecule has 1 aliphatic rings. The lowest BCUT2D eigenvalue weighted by atomic mass is 10.2. The van der Waals surface area contributed by atoms with Gasteiger partial charge in [0, 0.05) is 45.8 Å². The summed E-state index contributed by atoms with van der Waals surface area (Å²) in [5.41, 5.74) is 1.19. The van der Waals surface area contributed by atoms with Crippen LogP contribution in [0.5, 0.6) is 5.75 Å². The Balaban J connectivity index is 1.69. The van der Waals surface area contributed by atoms with Gasteiger partial charge in [-0.15, -0.1) is 0 Å². The van der Waals surface area contributed by atoms with E-state index in [1.165, 1.54) is 5.56 Å². The quantitative estimate of drug-likeness (QED) is 0.773. The minimum Gasteiger partial charge on any atom is -0.495 e. The largest absolute Gasteiger partial charge is 0.495 e. The maximum Gasteiger partial charge on any atom is 0.137 e. The van der Waals surface area contributed by atoms with E-state index >= 15 is 0 Å². The third-order valence-electron chi connectivity index (χ3n) is 3.36. The number of benzene rings is 1. The van der Waals surface area contributed by atoms with Gasteiger partial charge in [-0.2, -0.15) is 0 Å². The van der Waals surface area contributed by atoms with Gasteiger partial charge in [-0.3, -0.25) is 4.90 Å². The summed E-state index contributed by atoms with van der Waals surface area (Å²) in [6, 6.07) is 5.91. The van der Waals surface area contributed by atoms with Crippen molar-refractivity contribution in [2.75, 3.05) is 46.4 Å². The van der Waals surface area contributed by atoms with Gasteiger partial charge >= 0.3 is 0 Å². The van der Waals surface area contributed by atoms with Gasteiger partial charge in [-0.1, -0.05) is 17.7 Å². The Kier molecular flexibility index (Phi) is 5.92. The number of halogens is 1. The van der Waals surface area contributed by atoms with E-state index in [9.17, 15) is 0 Å². The van der Waals surface area contributed by atoms with Crippen molar-refractivity contribution in [2.24, 2.45) is 0 Å². The van der Waals surface area contributed by atoms with E-state index < -0.39 is 0 Å². The van der Waals surface area contributed by atoms with E-state index in [0.717, 1.165) is 51.6 Å². The van der Waals surface area contributed by atoms with Crippen molar-refractivity contribution in [1.82, 2.24) is 15.5 Å². The number of rotatable bonds is 6. The summed E-state index contributed by atoms with van der Waals surface area (Å²) < 4.78 is 5.14. The Morgan fingerprint density at radius 2 is 2.16 bits per heavy atom. The molecule has 0 aliphatic carbocycles. The highest BCUT2D eigenvalue weighted by Crippen LogP contribution is 2.24. The van der Waals surface area contributed by atoms with Crippen LogP contribution in [0.25, 0.3) is 0 Å². The molecule has 0 bridgehead atoms. The van der Waals surface area contributed by atoms with Gasteiger partial charge in [0.2, 0.25) is 0 Å². The minimum absolute atomic E-state index is 0.670. The van der Waals surface area contributed by atoms with Crippen molar-refractivity contribution in [1.29, 1.82) is 0 Å². The van der Waals surface area contributed by atoms with Crippen molar-refractivity contribution in [3.8, 4) is 5.75 Å². The molecule has 1 aromatic carbocycles. The molecule has 4 nitrogen and oxygen atoms in total. The van der Waals surface area contributed by atoms with E-state index in [0.29, 0.717) is 5.02 Å². The highest BCUT2D eigenvalue weighted by Gasteiger charge is 2.08. The number of methoxy groups -OCH3 is 1. The van der Waals surface area contributed by atoms with Crippen LogP contribution in [-0.2, 0) is 6.54 Å². The summed E-state index contributed by atoms with van der Waals surface area (Å²) in [5.74, 6) is 0.728. The molecule has 0 radical (unpaired) electrons. The Hall–Kier alpha value is -0.810. The van der Waals surface area contributed by atoms with Crippen LogP contribution in [0.4, 0.5) is 0 Å². The molecule has 2 N–H and O–H groups in total. The van der Waals surface area contributed by atoms with Crippen LogP contribution in [0.15, 0.2) is 18.2 Å². The number of hydrogen-bond donors (Lipinski definition) is 2. The monoisotopic (exact) mass is 283 g/mol. The molecule has 1 aromatic rings. The average molecular weight is 284 g/mol. The molecule has 1 fully saturated rings. The molecule has 0 amide bonds. The van der Waals surface area contributed by atoms with Gasteiger partial charge in [-0.25, -0.2) is 0 Å². The first-order valence-corrected chi connectivity index (χ1v) is 7.13. The van der Waals surface area contributed by atoms with Crippen molar-refractivity contribution in [3.63, 3.8) is 0 Å². The standard InChI is InChI=1S/C14H22ClN3O/c1-19-14-3-2-12(10-13(14)15)11-17-6-9-18-7-4-16-5-8-18/h2-3,10,16-17H,4-9,11H2,1H3. The number of nitrogens with one attached hydrogen (secondary N) is 2. The highest BCUT2D eigenvalue weighted by atomic mass is 35.5. The van der Waals surface area contributed by atoms with Crippen LogP contribution in [-0.4, -0.2) is 51.3 Å². The third kappa shape index (κ3) is 4.66. The topological polar surface area (TPSA) is 36.5 Å². The van der Waals surface area contributed by atoms with Crippen LogP contribution in [0, 0.1) is 0 Å². The second-order valence-corrected chi connectivity index (χ2v) is 5.14. The summed E-state index contributed by atoms with van der Waals surface area (Å²) in [4.78, 5) is 2.48. The molecule has 1 saturated heterocycles. The van der Waals surface area contributed by atoms with Crippen molar-refractivity contribution in [2.45, 2.75) is 6.54 Å². The molecule has 0 atom stereocenters. The van der Waals surface area contributed by atoms with Crippen LogP contribution in [0.1, 0.15) is 5.56 Å². The Morgan fingerprint density at radius 1 is 1.37 bits per heavy atom. The summed E-state index contributed by atoms with van der Waals surface area (Å²) in [6.45, 7) is 7.46. The normalized spacial score (nSPS) is 16.5. The lowest BCUT2D eigenvalue weighted by Gasteiger charge is -2.27. The highest BCUT2D eigenvalue weighted by molar-refractivity contribution is 6.32. The van der Waals surface area contributed by atoms with Crippen molar-refractivity contribution in [3.05, 3.63) is 28.8 Å². The number of hydrogen-bond acceptors (Lipinski definition) is 4. The first-order valence-electron chi connectivity index (χ1n) is 6.76. The van der Waals surface area contributed by atoms with Crippen LogP contribution in [0.2, 0.25) is 5.02 Å². The zero-order chi connectivity index (χ0) is 13.5. The van der Waals surface area contributed by atoms with Crippen molar-refractivity contribution < 1.29 is 4.74 Å². The molecular weight excluding hydrogens is 262 g/mol. The van der Waals surface area contributed by atoms with Gasteiger partial charge in [0.1, 0.15) is 5.75 Å². The van der Waals surface area contributed by atoms with Gasteiger partial charge in [0.15, 0.2) is 0 Å². The smallest absolute Gasteiger partial charge is 0.137 e. The molecule has 0 spiro atoms. The average Bonchev–Trinajstić information content (AvgIpc) is 2.45. The summed E-state index contributed by atoms with van der Waals surface area (Å²) in [7, 11) is 1.63. The Labute approximate surface area is 120 Å². The molecular formula is C14H22ClN3O. The maximum absolute atomic E-state index is 6.10. The van der Waals surface area contributed by atoms with Crippen LogP contribution in [0.3, 0.4) is 0 Å². The predicted molar refractivity (Wildman–Crippen MR) is 79.0 cm³/mol. The molecule has 106 valence electrons. The summed E-state index contributed by atoms with van der Waals surface area (Å²) in [5, 5.41) is 7.48. The fourth-order valence-electron chi connectivity index (χ4n) is 2.22. The number of piperazine rings is 1. The van der Waals surface area contributed by atoms with Crippen LogP contribution < -0.4 is 15.4 Å². The molecule has 1 aliphatic heterocycles. The molecule has 2 rings (SSSR count). The minimum atomic E-state index is 0.670. The molecule has 1 heterocycles. The SMILES string of the molecule is COc1ccc(CNCCN2CCNCC2)cc1Cl. The second kappa shape index (κ2) is 7.70. The summed E-state index contributed by atoms with van der Waals surface area (Å²) in [6.07, 6.45) is 0. The van der Waals surface area contributed by atoms with Gasteiger partial charge in [0.05, 0.1) is 12.1 Å². The van der Waals surface area contributed by atoms with Crippen LogP contribution >= 0.6 is 11.6 Å². The lowest BCUT2D eigenvalue weighted by Crippen LogP contribution is -2.45. The molecule has 0 saturated carbocycles. The van der Waals surface area contributed by atoms with E-state index in [2.05, 4.69) is 15.5 Å². The zero-order valence-corrected chi connectivity index (χ0v) is 12.2. The Morgan fingerprint density at radius 3 is 2.84 bits per heavy atom.